The van der Waals surface area contributed by atoms with Crippen LogP contribution in [0.25, 0.3) is 11.6 Å². The Morgan fingerprint density at radius 1 is 1.10 bits per heavy atom. The van der Waals surface area contributed by atoms with E-state index in [1.165, 1.54) is 0 Å². The summed E-state index contributed by atoms with van der Waals surface area (Å²) in [6.07, 6.45) is 1.83. The third-order valence-electron chi connectivity index (χ3n) is 2.94. The first-order chi connectivity index (χ1) is 10.2. The number of halogens is 1. The first kappa shape index (κ1) is 15.1. The van der Waals surface area contributed by atoms with Crippen LogP contribution in [0, 0.1) is 11.3 Å². The highest BCUT2D eigenvalue weighted by Gasteiger charge is 2.07. The van der Waals surface area contributed by atoms with E-state index < -0.39 is 0 Å². The molecule has 2 aromatic rings. The molecule has 0 aliphatic rings. The average Bonchev–Trinajstić information content (AvgIpc) is 2.52. The summed E-state index contributed by atoms with van der Waals surface area (Å²) < 4.78 is 11.4. The Morgan fingerprint density at radius 2 is 1.76 bits per heavy atom. The van der Waals surface area contributed by atoms with Gasteiger partial charge < -0.3 is 9.47 Å². The van der Waals surface area contributed by atoms with Crippen molar-refractivity contribution >= 4 is 27.6 Å². The summed E-state index contributed by atoms with van der Waals surface area (Å²) >= 11 is 3.42. The van der Waals surface area contributed by atoms with Crippen molar-refractivity contribution in [2.45, 2.75) is 0 Å². The molecule has 2 aromatic carbocycles. The highest BCUT2D eigenvalue weighted by molar-refractivity contribution is 9.10. The summed E-state index contributed by atoms with van der Waals surface area (Å²) in [6.45, 7) is 0. The van der Waals surface area contributed by atoms with Gasteiger partial charge >= 0.3 is 0 Å². The lowest BCUT2D eigenvalue weighted by atomic mass is 10.0. The molecular formula is C17H14BrNO2. The second-order valence-electron chi connectivity index (χ2n) is 4.33. The van der Waals surface area contributed by atoms with E-state index in [4.69, 9.17) is 9.47 Å². The van der Waals surface area contributed by atoms with Gasteiger partial charge in [-0.2, -0.15) is 5.26 Å². The normalized spacial score (nSPS) is 10.9. The first-order valence-corrected chi connectivity index (χ1v) is 7.06. The van der Waals surface area contributed by atoms with Crippen LogP contribution in [0.5, 0.6) is 11.5 Å². The monoisotopic (exact) mass is 343 g/mol. The number of hydrogen-bond acceptors (Lipinski definition) is 3. The number of benzene rings is 2. The Balaban J connectivity index is 2.49. The lowest BCUT2D eigenvalue weighted by Crippen LogP contribution is -1.90. The van der Waals surface area contributed by atoms with Crippen LogP contribution in [0.4, 0.5) is 0 Å². The molecule has 0 bridgehead atoms. The fourth-order valence-corrected chi connectivity index (χ4v) is 2.32. The fraction of sp³-hybridized carbons (Fsp3) is 0.118. The molecule has 0 heterocycles. The Morgan fingerprint density at radius 3 is 2.29 bits per heavy atom. The molecule has 0 spiro atoms. The largest absolute Gasteiger partial charge is 0.497 e. The van der Waals surface area contributed by atoms with E-state index in [1.807, 2.05) is 42.5 Å². The van der Waals surface area contributed by atoms with E-state index in [1.54, 1.807) is 20.3 Å². The Hall–Kier alpha value is -2.25. The smallest absolute Gasteiger partial charge is 0.123 e. The second-order valence-corrected chi connectivity index (χ2v) is 5.24. The molecule has 0 amide bonds. The molecule has 0 aliphatic heterocycles. The molecule has 106 valence electrons. The molecule has 0 atom stereocenters. The van der Waals surface area contributed by atoms with Crippen LogP contribution in [-0.4, -0.2) is 14.2 Å². The van der Waals surface area contributed by atoms with E-state index in [9.17, 15) is 5.26 Å². The molecule has 21 heavy (non-hydrogen) atoms. The van der Waals surface area contributed by atoms with Crippen molar-refractivity contribution in [3.05, 3.63) is 58.1 Å². The molecule has 2 rings (SSSR count). The van der Waals surface area contributed by atoms with Gasteiger partial charge in [0.1, 0.15) is 11.5 Å². The van der Waals surface area contributed by atoms with Gasteiger partial charge in [-0.15, -0.1) is 0 Å². The summed E-state index contributed by atoms with van der Waals surface area (Å²) in [4.78, 5) is 0. The van der Waals surface area contributed by atoms with Gasteiger partial charge in [0.25, 0.3) is 0 Å². The zero-order valence-electron chi connectivity index (χ0n) is 11.8. The number of allylic oxidation sites excluding steroid dienone is 1. The van der Waals surface area contributed by atoms with Gasteiger partial charge in [0, 0.05) is 10.5 Å². The molecule has 0 fully saturated rings. The van der Waals surface area contributed by atoms with Gasteiger partial charge in [0.2, 0.25) is 0 Å². The molecule has 0 aliphatic carbocycles. The SMILES string of the molecule is COc1cc(OC)cc(/C(C#N)=C/c2cccc(Br)c2)c1. The van der Waals surface area contributed by atoms with Crippen molar-refractivity contribution in [2.75, 3.05) is 14.2 Å². The van der Waals surface area contributed by atoms with Gasteiger partial charge in [0.15, 0.2) is 0 Å². The van der Waals surface area contributed by atoms with E-state index in [0.29, 0.717) is 17.1 Å². The maximum Gasteiger partial charge on any atom is 0.123 e. The number of nitrogens with zero attached hydrogens (tertiary/aromatic N) is 1. The molecule has 3 nitrogen and oxygen atoms in total. The number of rotatable bonds is 4. The van der Waals surface area contributed by atoms with E-state index in [2.05, 4.69) is 22.0 Å². The standard InChI is InChI=1S/C17H14BrNO2/c1-20-16-8-13(9-17(10-16)21-2)14(11-19)6-12-4-3-5-15(18)7-12/h3-10H,1-2H3/b14-6+. The quantitative estimate of drug-likeness (QED) is 0.604. The first-order valence-electron chi connectivity index (χ1n) is 6.27. The van der Waals surface area contributed by atoms with Crippen LogP contribution in [0.15, 0.2) is 46.9 Å². The molecule has 4 heteroatoms. The summed E-state index contributed by atoms with van der Waals surface area (Å²) in [5.41, 5.74) is 2.25. The number of nitriles is 1. The van der Waals surface area contributed by atoms with E-state index >= 15 is 0 Å². The molecule has 0 unspecified atom stereocenters. The van der Waals surface area contributed by atoms with Crippen molar-refractivity contribution < 1.29 is 9.47 Å². The highest BCUT2D eigenvalue weighted by atomic mass is 79.9. The molecule has 0 radical (unpaired) electrons. The van der Waals surface area contributed by atoms with Crippen LogP contribution in [-0.2, 0) is 0 Å². The summed E-state index contributed by atoms with van der Waals surface area (Å²) in [5.74, 6) is 1.31. The summed E-state index contributed by atoms with van der Waals surface area (Å²) in [7, 11) is 3.17. The average molecular weight is 344 g/mol. The predicted octanol–water partition coefficient (Wildman–Crippen LogP) is 4.53. The van der Waals surface area contributed by atoms with Crippen LogP contribution in [0.1, 0.15) is 11.1 Å². The highest BCUT2D eigenvalue weighted by Crippen LogP contribution is 2.28. The third-order valence-corrected chi connectivity index (χ3v) is 3.44. The van der Waals surface area contributed by atoms with Crippen molar-refractivity contribution in [3.8, 4) is 17.6 Å². The molecule has 0 N–H and O–H groups in total. The molecule has 0 aromatic heterocycles. The number of methoxy groups -OCH3 is 2. The minimum absolute atomic E-state index is 0.547. The lowest BCUT2D eigenvalue weighted by Gasteiger charge is -2.08. The van der Waals surface area contributed by atoms with Crippen LogP contribution < -0.4 is 9.47 Å². The van der Waals surface area contributed by atoms with Gasteiger partial charge in [-0.1, -0.05) is 28.1 Å². The van der Waals surface area contributed by atoms with E-state index in [-0.39, 0.29) is 0 Å². The predicted molar refractivity (Wildman–Crippen MR) is 87.2 cm³/mol. The maximum atomic E-state index is 9.43. The zero-order valence-corrected chi connectivity index (χ0v) is 13.3. The van der Waals surface area contributed by atoms with Crippen LogP contribution in [0.3, 0.4) is 0 Å². The molecule has 0 saturated heterocycles. The van der Waals surface area contributed by atoms with Crippen molar-refractivity contribution in [1.29, 1.82) is 5.26 Å². The maximum absolute atomic E-state index is 9.43. The minimum atomic E-state index is 0.547. The third kappa shape index (κ3) is 3.87. The number of ether oxygens (including phenoxy) is 2. The minimum Gasteiger partial charge on any atom is -0.497 e. The Labute approximate surface area is 132 Å². The van der Waals surface area contributed by atoms with Crippen molar-refractivity contribution in [1.82, 2.24) is 0 Å². The second kappa shape index (κ2) is 6.96. The van der Waals surface area contributed by atoms with Crippen LogP contribution in [0.2, 0.25) is 0 Å². The van der Waals surface area contributed by atoms with E-state index in [0.717, 1.165) is 15.6 Å². The summed E-state index contributed by atoms with van der Waals surface area (Å²) in [6, 6.07) is 15.4. The van der Waals surface area contributed by atoms with Crippen molar-refractivity contribution in [2.24, 2.45) is 0 Å². The molecular weight excluding hydrogens is 330 g/mol. The number of hydrogen-bond donors (Lipinski definition) is 0. The zero-order chi connectivity index (χ0) is 15.2. The van der Waals surface area contributed by atoms with Crippen molar-refractivity contribution in [3.63, 3.8) is 0 Å². The molecule has 0 saturated carbocycles. The summed E-state index contributed by atoms with van der Waals surface area (Å²) in [5, 5.41) is 9.43. The van der Waals surface area contributed by atoms with Gasteiger partial charge in [-0.25, -0.2) is 0 Å². The van der Waals surface area contributed by atoms with Crippen LogP contribution >= 0.6 is 15.9 Å². The Kier molecular flexibility index (Phi) is 5.02. The van der Waals surface area contributed by atoms with Gasteiger partial charge in [0.05, 0.1) is 25.9 Å². The van der Waals surface area contributed by atoms with Gasteiger partial charge in [-0.3, -0.25) is 0 Å². The van der Waals surface area contributed by atoms with Gasteiger partial charge in [-0.05, 0) is 41.5 Å². The lowest BCUT2D eigenvalue weighted by molar-refractivity contribution is 0.394. The fourth-order valence-electron chi connectivity index (χ4n) is 1.91. The Bertz CT molecular complexity index is 695. The topological polar surface area (TPSA) is 42.2 Å².